The number of hydrogen-bond donors (Lipinski definition) is 1. The van der Waals surface area contributed by atoms with Crippen LogP contribution in [0.2, 0.25) is 0 Å². The molecule has 0 spiro atoms. The molecule has 1 amide bonds. The van der Waals surface area contributed by atoms with E-state index >= 15 is 0 Å². The molecule has 1 fully saturated rings. The number of aryl methyl sites for hydroxylation is 1. The first kappa shape index (κ1) is 18.8. The topological polar surface area (TPSA) is 81.9 Å². The van der Waals surface area contributed by atoms with Crippen LogP contribution in [-0.2, 0) is 14.9 Å². The molecule has 2 aromatic carbocycles. The molecule has 0 radical (unpaired) electrons. The molecule has 4 rings (SSSR count). The van der Waals surface area contributed by atoms with Gasteiger partial charge in [0.05, 0.1) is 11.1 Å². The minimum absolute atomic E-state index is 0.0235. The molecule has 8 heteroatoms. The second-order valence-corrected chi connectivity index (χ2v) is 7.83. The lowest BCUT2D eigenvalue weighted by Gasteiger charge is -2.36. The van der Waals surface area contributed by atoms with E-state index in [4.69, 9.17) is 4.74 Å². The van der Waals surface area contributed by atoms with Crippen LogP contribution in [0.15, 0.2) is 53.3 Å². The lowest BCUT2D eigenvalue weighted by Crippen LogP contribution is -2.44. The van der Waals surface area contributed by atoms with Crippen LogP contribution in [0.25, 0.3) is 5.69 Å². The van der Waals surface area contributed by atoms with E-state index in [1.165, 1.54) is 6.33 Å². The molecule has 1 saturated heterocycles. The summed E-state index contributed by atoms with van der Waals surface area (Å²) in [6.45, 7) is 3.10. The number of halogens is 1. The van der Waals surface area contributed by atoms with Crippen LogP contribution in [-0.4, -0.2) is 39.3 Å². The van der Waals surface area contributed by atoms with Crippen molar-refractivity contribution in [3.8, 4) is 5.69 Å². The molecule has 1 aliphatic rings. The van der Waals surface area contributed by atoms with Gasteiger partial charge in [-0.2, -0.15) is 0 Å². The highest BCUT2D eigenvalue weighted by atomic mass is 79.9. The molecule has 3 aromatic rings. The van der Waals surface area contributed by atoms with Gasteiger partial charge in [-0.3, -0.25) is 4.79 Å². The monoisotopic (exact) mass is 441 g/mol. The fourth-order valence-electron chi connectivity index (χ4n) is 3.59. The summed E-state index contributed by atoms with van der Waals surface area (Å²) in [6.07, 6.45) is 2.83. The summed E-state index contributed by atoms with van der Waals surface area (Å²) in [7, 11) is 0. The number of amides is 1. The van der Waals surface area contributed by atoms with Crippen molar-refractivity contribution in [3.05, 3.63) is 64.4 Å². The molecule has 2 heterocycles. The van der Waals surface area contributed by atoms with Crippen LogP contribution < -0.4 is 5.32 Å². The van der Waals surface area contributed by atoms with E-state index in [2.05, 4.69) is 36.8 Å². The van der Waals surface area contributed by atoms with Crippen molar-refractivity contribution in [2.75, 3.05) is 18.5 Å². The maximum atomic E-state index is 13.4. The predicted molar refractivity (Wildman–Crippen MR) is 108 cm³/mol. The molecule has 0 saturated carbocycles. The van der Waals surface area contributed by atoms with E-state index in [1.54, 1.807) is 4.68 Å². The number of ether oxygens (including phenoxy) is 1. The van der Waals surface area contributed by atoms with E-state index in [0.29, 0.717) is 31.7 Å². The van der Waals surface area contributed by atoms with Gasteiger partial charge in [-0.25, -0.2) is 4.68 Å². The summed E-state index contributed by atoms with van der Waals surface area (Å²) in [5.74, 6) is -0.0235. The van der Waals surface area contributed by atoms with Gasteiger partial charge in [0.2, 0.25) is 5.91 Å². The number of carbonyl (C=O) groups is 1. The maximum Gasteiger partial charge on any atom is 0.235 e. The van der Waals surface area contributed by atoms with Gasteiger partial charge >= 0.3 is 0 Å². The highest BCUT2D eigenvalue weighted by Gasteiger charge is 2.41. The van der Waals surface area contributed by atoms with Crippen molar-refractivity contribution in [1.29, 1.82) is 0 Å². The van der Waals surface area contributed by atoms with Crippen LogP contribution in [0.1, 0.15) is 24.0 Å². The molecule has 0 bridgehead atoms. The van der Waals surface area contributed by atoms with Crippen molar-refractivity contribution < 1.29 is 9.53 Å². The second kappa shape index (κ2) is 7.81. The SMILES string of the molecule is Cc1ccc(NC(=O)C2(c3ccc(Br)cc3)CCOCC2)cc1-n1cnnn1. The van der Waals surface area contributed by atoms with Crippen molar-refractivity contribution in [2.45, 2.75) is 25.2 Å². The van der Waals surface area contributed by atoms with Crippen LogP contribution in [0, 0.1) is 6.92 Å². The minimum Gasteiger partial charge on any atom is -0.381 e. The first-order chi connectivity index (χ1) is 13.6. The molecular formula is C20H20BrN5O2. The number of aromatic nitrogens is 4. The highest BCUT2D eigenvalue weighted by molar-refractivity contribution is 9.10. The van der Waals surface area contributed by atoms with Crippen LogP contribution >= 0.6 is 15.9 Å². The summed E-state index contributed by atoms with van der Waals surface area (Å²) in [6, 6.07) is 13.7. The normalized spacial score (nSPS) is 15.9. The van der Waals surface area contributed by atoms with Crippen molar-refractivity contribution in [3.63, 3.8) is 0 Å². The Balaban J connectivity index is 1.65. The Bertz CT molecular complexity index is 967. The first-order valence-corrected chi connectivity index (χ1v) is 9.87. The van der Waals surface area contributed by atoms with Gasteiger partial charge in [0, 0.05) is 23.4 Å². The summed E-state index contributed by atoms with van der Waals surface area (Å²) in [5, 5.41) is 14.4. The van der Waals surface area contributed by atoms with E-state index in [9.17, 15) is 4.79 Å². The van der Waals surface area contributed by atoms with E-state index < -0.39 is 5.41 Å². The average molecular weight is 442 g/mol. The van der Waals surface area contributed by atoms with E-state index in [0.717, 1.165) is 21.3 Å². The third-order valence-electron chi connectivity index (χ3n) is 5.24. The second-order valence-electron chi connectivity index (χ2n) is 6.91. The summed E-state index contributed by atoms with van der Waals surface area (Å²) in [4.78, 5) is 13.4. The van der Waals surface area contributed by atoms with Crippen molar-refractivity contribution in [2.24, 2.45) is 0 Å². The quantitative estimate of drug-likeness (QED) is 0.670. The van der Waals surface area contributed by atoms with Crippen molar-refractivity contribution >= 4 is 27.5 Å². The Morgan fingerprint density at radius 2 is 1.93 bits per heavy atom. The number of rotatable bonds is 4. The van der Waals surface area contributed by atoms with Gasteiger partial charge in [-0.15, -0.1) is 5.10 Å². The van der Waals surface area contributed by atoms with Crippen LogP contribution in [0.4, 0.5) is 5.69 Å². The number of hydrogen-bond acceptors (Lipinski definition) is 5. The Labute approximate surface area is 171 Å². The zero-order valence-corrected chi connectivity index (χ0v) is 17.0. The Hall–Kier alpha value is -2.58. The average Bonchev–Trinajstić information content (AvgIpc) is 3.25. The van der Waals surface area contributed by atoms with Crippen LogP contribution in [0.3, 0.4) is 0 Å². The number of anilines is 1. The first-order valence-electron chi connectivity index (χ1n) is 9.08. The van der Waals surface area contributed by atoms with Gasteiger partial charge < -0.3 is 10.1 Å². The Kier molecular flexibility index (Phi) is 5.23. The molecule has 0 aliphatic carbocycles. The van der Waals surface area contributed by atoms with E-state index in [-0.39, 0.29) is 5.91 Å². The number of carbonyl (C=O) groups excluding carboxylic acids is 1. The standard InChI is InChI=1S/C20H20BrN5O2/c1-14-2-7-17(12-18(14)26-13-22-24-25-26)23-19(27)20(8-10-28-11-9-20)15-3-5-16(21)6-4-15/h2-7,12-13H,8-11H2,1H3,(H,23,27). The zero-order valence-electron chi connectivity index (χ0n) is 15.4. The predicted octanol–water partition coefficient (Wildman–Crippen LogP) is 3.42. The largest absolute Gasteiger partial charge is 0.381 e. The fraction of sp³-hybridized carbons (Fsp3) is 0.300. The van der Waals surface area contributed by atoms with Gasteiger partial charge in [0.25, 0.3) is 0 Å². The summed E-state index contributed by atoms with van der Waals surface area (Å²) in [5.41, 5.74) is 2.94. The summed E-state index contributed by atoms with van der Waals surface area (Å²) < 4.78 is 8.12. The van der Waals surface area contributed by atoms with Crippen LogP contribution in [0.5, 0.6) is 0 Å². The molecule has 1 aliphatic heterocycles. The third-order valence-corrected chi connectivity index (χ3v) is 5.77. The number of tetrazole rings is 1. The zero-order chi connectivity index (χ0) is 19.6. The minimum atomic E-state index is -0.612. The molecule has 0 atom stereocenters. The fourth-order valence-corrected chi connectivity index (χ4v) is 3.86. The molecular weight excluding hydrogens is 422 g/mol. The Morgan fingerprint density at radius 3 is 2.61 bits per heavy atom. The Morgan fingerprint density at radius 1 is 1.18 bits per heavy atom. The molecule has 28 heavy (non-hydrogen) atoms. The number of nitrogens with one attached hydrogen (secondary N) is 1. The number of benzene rings is 2. The molecule has 1 aromatic heterocycles. The third kappa shape index (κ3) is 3.57. The molecule has 0 unspecified atom stereocenters. The van der Waals surface area contributed by atoms with Gasteiger partial charge in [0.1, 0.15) is 6.33 Å². The smallest absolute Gasteiger partial charge is 0.235 e. The molecule has 144 valence electrons. The van der Waals surface area contributed by atoms with Gasteiger partial charge in [-0.1, -0.05) is 34.1 Å². The maximum absolute atomic E-state index is 13.4. The summed E-state index contributed by atoms with van der Waals surface area (Å²) >= 11 is 3.47. The lowest BCUT2D eigenvalue weighted by atomic mass is 9.73. The lowest BCUT2D eigenvalue weighted by molar-refractivity contribution is -0.125. The van der Waals surface area contributed by atoms with Gasteiger partial charge in [0.15, 0.2) is 0 Å². The highest BCUT2D eigenvalue weighted by Crippen LogP contribution is 2.37. The molecule has 1 N–H and O–H groups in total. The van der Waals surface area contributed by atoms with Crippen molar-refractivity contribution in [1.82, 2.24) is 20.2 Å². The van der Waals surface area contributed by atoms with Gasteiger partial charge in [-0.05, 0) is 65.6 Å². The van der Waals surface area contributed by atoms with E-state index in [1.807, 2.05) is 49.4 Å². The number of nitrogens with zero attached hydrogens (tertiary/aromatic N) is 4. The molecule has 7 nitrogen and oxygen atoms in total.